The highest BCUT2D eigenvalue weighted by Gasteiger charge is 2.18. The minimum atomic E-state index is -0.195. The highest BCUT2D eigenvalue weighted by atomic mass is 16.2. The van der Waals surface area contributed by atoms with Crippen LogP contribution in [-0.2, 0) is 6.42 Å². The molecule has 0 saturated carbocycles. The summed E-state index contributed by atoms with van der Waals surface area (Å²) in [6.45, 7) is 2.48. The Kier molecular flexibility index (Phi) is 5.85. The van der Waals surface area contributed by atoms with E-state index in [4.69, 9.17) is 5.73 Å². The van der Waals surface area contributed by atoms with E-state index in [1.54, 1.807) is 10.9 Å². The summed E-state index contributed by atoms with van der Waals surface area (Å²) >= 11 is 0. The molecule has 0 radical (unpaired) electrons. The summed E-state index contributed by atoms with van der Waals surface area (Å²) in [6.07, 6.45) is 5.24. The maximum absolute atomic E-state index is 12.3. The molecular weight excluding hydrogens is 368 g/mol. The van der Waals surface area contributed by atoms with Gasteiger partial charge in [-0.25, -0.2) is 9.36 Å². The monoisotopic (exact) mass is 394 g/mol. The number of benzene rings is 1. The van der Waals surface area contributed by atoms with Crippen molar-refractivity contribution in [2.75, 3.05) is 25.4 Å². The third kappa shape index (κ3) is 4.62. The smallest absolute Gasteiger partial charge is 0.273 e. The molecule has 4 rings (SSSR count). The second-order valence-corrected chi connectivity index (χ2v) is 7.23. The molecular formula is C20H26N8O. The average Bonchev–Trinajstić information content (AvgIpc) is 3.39. The summed E-state index contributed by atoms with van der Waals surface area (Å²) in [5.74, 6) is 0.407. The van der Waals surface area contributed by atoms with Crippen molar-refractivity contribution in [3.63, 3.8) is 0 Å². The van der Waals surface area contributed by atoms with Crippen LogP contribution in [0.2, 0.25) is 0 Å². The number of carbonyl (C=O) groups is 1. The Labute approximate surface area is 169 Å². The molecule has 9 heteroatoms. The summed E-state index contributed by atoms with van der Waals surface area (Å²) in [5, 5.41) is 18.9. The Morgan fingerprint density at radius 3 is 2.83 bits per heavy atom. The van der Waals surface area contributed by atoms with Crippen LogP contribution in [0.25, 0.3) is 5.69 Å². The first-order chi connectivity index (χ1) is 14.2. The molecule has 9 nitrogen and oxygen atoms in total. The predicted molar refractivity (Wildman–Crippen MR) is 110 cm³/mol. The second kappa shape index (κ2) is 8.87. The molecule has 152 valence electrons. The van der Waals surface area contributed by atoms with E-state index in [1.807, 2.05) is 41.1 Å². The van der Waals surface area contributed by atoms with Crippen LogP contribution in [0.15, 0.2) is 42.6 Å². The number of carbonyl (C=O) groups excluding carboxylic acids is 1. The van der Waals surface area contributed by atoms with Gasteiger partial charge in [-0.3, -0.25) is 4.79 Å². The van der Waals surface area contributed by atoms with Crippen LogP contribution in [0.4, 0.5) is 5.82 Å². The van der Waals surface area contributed by atoms with Crippen molar-refractivity contribution in [3.05, 3.63) is 54.0 Å². The van der Waals surface area contributed by atoms with Crippen LogP contribution < -0.4 is 16.4 Å². The standard InChI is InChI=1S/C20H26N8O/c21-19-13-15(25-28(19)17-6-2-1-3-7-17)5-4-10-23-20(29)18-14-27(26-24-18)16-8-11-22-12-9-16/h1-3,6-7,13-14,16,22H,4-5,8-12,21H2,(H,23,29). The lowest BCUT2D eigenvalue weighted by atomic mass is 10.1. The van der Waals surface area contributed by atoms with E-state index in [1.165, 1.54) is 0 Å². The number of amides is 1. The van der Waals surface area contributed by atoms with Gasteiger partial charge in [0.05, 0.1) is 23.6 Å². The van der Waals surface area contributed by atoms with Gasteiger partial charge in [-0.15, -0.1) is 5.10 Å². The molecule has 1 fully saturated rings. The third-order valence-electron chi connectivity index (χ3n) is 5.11. The highest BCUT2D eigenvalue weighted by Crippen LogP contribution is 2.17. The first-order valence-electron chi connectivity index (χ1n) is 10.0. The normalized spacial score (nSPS) is 14.8. The van der Waals surface area contributed by atoms with Gasteiger partial charge in [0.2, 0.25) is 0 Å². The van der Waals surface area contributed by atoms with Gasteiger partial charge in [-0.1, -0.05) is 23.4 Å². The molecule has 3 heterocycles. The number of hydrogen-bond acceptors (Lipinski definition) is 6. The molecule has 2 aromatic heterocycles. The zero-order valence-corrected chi connectivity index (χ0v) is 16.3. The Hall–Kier alpha value is -3.20. The lowest BCUT2D eigenvalue weighted by Crippen LogP contribution is -2.29. The largest absolute Gasteiger partial charge is 0.384 e. The number of anilines is 1. The van der Waals surface area contributed by atoms with Crippen molar-refractivity contribution in [1.29, 1.82) is 0 Å². The number of para-hydroxylation sites is 1. The minimum absolute atomic E-state index is 0.195. The van der Waals surface area contributed by atoms with E-state index in [-0.39, 0.29) is 5.91 Å². The van der Waals surface area contributed by atoms with E-state index in [2.05, 4.69) is 26.0 Å². The maximum atomic E-state index is 12.3. The van der Waals surface area contributed by atoms with E-state index in [0.717, 1.165) is 50.2 Å². The zero-order chi connectivity index (χ0) is 20.1. The second-order valence-electron chi connectivity index (χ2n) is 7.23. The molecule has 0 spiro atoms. The van der Waals surface area contributed by atoms with Crippen molar-refractivity contribution in [1.82, 2.24) is 35.4 Å². The molecule has 0 unspecified atom stereocenters. The van der Waals surface area contributed by atoms with Crippen molar-refractivity contribution < 1.29 is 4.79 Å². The summed E-state index contributed by atoms with van der Waals surface area (Å²) in [5.41, 5.74) is 8.27. The fourth-order valence-electron chi connectivity index (χ4n) is 3.54. The number of nitrogens with two attached hydrogens (primary N) is 1. The number of nitrogen functional groups attached to an aromatic ring is 1. The van der Waals surface area contributed by atoms with Gasteiger partial charge in [0, 0.05) is 12.6 Å². The number of aryl methyl sites for hydroxylation is 1. The molecule has 3 aromatic rings. The fraction of sp³-hybridized carbons (Fsp3) is 0.400. The molecule has 1 aliphatic rings. The predicted octanol–water partition coefficient (Wildman–Crippen LogP) is 1.33. The minimum Gasteiger partial charge on any atom is -0.384 e. The SMILES string of the molecule is Nc1cc(CCCNC(=O)c2cn(C3CCNCC3)nn2)nn1-c1ccccc1. The Morgan fingerprint density at radius 2 is 2.03 bits per heavy atom. The number of nitrogens with one attached hydrogen (secondary N) is 2. The van der Waals surface area contributed by atoms with Crippen LogP contribution in [0.5, 0.6) is 0 Å². The molecule has 1 aliphatic heterocycles. The summed E-state index contributed by atoms with van der Waals surface area (Å²) < 4.78 is 3.54. The number of rotatable bonds is 7. The molecule has 0 aliphatic carbocycles. The van der Waals surface area contributed by atoms with E-state index >= 15 is 0 Å². The zero-order valence-electron chi connectivity index (χ0n) is 16.3. The van der Waals surface area contributed by atoms with Gasteiger partial charge < -0.3 is 16.4 Å². The van der Waals surface area contributed by atoms with Crippen LogP contribution in [0, 0.1) is 0 Å². The number of hydrogen-bond donors (Lipinski definition) is 3. The van der Waals surface area contributed by atoms with Crippen molar-refractivity contribution >= 4 is 11.7 Å². The third-order valence-corrected chi connectivity index (χ3v) is 5.11. The van der Waals surface area contributed by atoms with Gasteiger partial charge in [-0.2, -0.15) is 5.10 Å². The average molecular weight is 394 g/mol. The fourth-order valence-corrected chi connectivity index (χ4v) is 3.54. The van der Waals surface area contributed by atoms with Crippen molar-refractivity contribution in [2.45, 2.75) is 31.7 Å². The molecule has 29 heavy (non-hydrogen) atoms. The molecule has 1 aromatic carbocycles. The number of nitrogens with zero attached hydrogens (tertiary/aromatic N) is 5. The van der Waals surface area contributed by atoms with Gasteiger partial charge in [0.25, 0.3) is 5.91 Å². The Bertz CT molecular complexity index is 943. The topological polar surface area (TPSA) is 116 Å². The first-order valence-corrected chi connectivity index (χ1v) is 10.0. The lowest BCUT2D eigenvalue weighted by Gasteiger charge is -2.22. The van der Waals surface area contributed by atoms with Crippen molar-refractivity contribution in [2.24, 2.45) is 0 Å². The molecule has 1 amide bonds. The Balaban J connectivity index is 1.26. The molecule has 4 N–H and O–H groups in total. The van der Waals surface area contributed by atoms with Crippen LogP contribution in [0.1, 0.15) is 41.5 Å². The number of aromatic nitrogens is 5. The summed E-state index contributed by atoms with van der Waals surface area (Å²) in [4.78, 5) is 12.3. The van der Waals surface area contributed by atoms with Gasteiger partial charge in [0.1, 0.15) is 5.82 Å². The van der Waals surface area contributed by atoms with Gasteiger partial charge in [-0.05, 0) is 50.9 Å². The summed E-state index contributed by atoms with van der Waals surface area (Å²) in [6, 6.07) is 12.0. The quantitative estimate of drug-likeness (QED) is 0.521. The van der Waals surface area contributed by atoms with Gasteiger partial charge in [0.15, 0.2) is 5.69 Å². The molecule has 0 bridgehead atoms. The van der Waals surface area contributed by atoms with Gasteiger partial charge >= 0.3 is 0 Å². The number of piperidine rings is 1. The lowest BCUT2D eigenvalue weighted by molar-refractivity contribution is 0.0948. The van der Waals surface area contributed by atoms with E-state index < -0.39 is 0 Å². The van der Waals surface area contributed by atoms with E-state index in [9.17, 15) is 4.79 Å². The van der Waals surface area contributed by atoms with E-state index in [0.29, 0.717) is 24.1 Å². The molecule has 1 saturated heterocycles. The highest BCUT2D eigenvalue weighted by molar-refractivity contribution is 5.91. The van der Waals surface area contributed by atoms with Crippen LogP contribution >= 0.6 is 0 Å². The van der Waals surface area contributed by atoms with Crippen molar-refractivity contribution in [3.8, 4) is 5.69 Å². The van der Waals surface area contributed by atoms with Crippen LogP contribution in [0.3, 0.4) is 0 Å². The Morgan fingerprint density at radius 1 is 1.24 bits per heavy atom. The van der Waals surface area contributed by atoms with Crippen LogP contribution in [-0.4, -0.2) is 50.3 Å². The maximum Gasteiger partial charge on any atom is 0.273 e. The first kappa shape index (κ1) is 19.1. The summed E-state index contributed by atoms with van der Waals surface area (Å²) in [7, 11) is 0. The molecule has 0 atom stereocenters.